The van der Waals surface area contributed by atoms with E-state index in [4.69, 9.17) is 0 Å². The molecule has 1 aromatic heterocycles. The van der Waals surface area contributed by atoms with Crippen molar-refractivity contribution in [3.63, 3.8) is 0 Å². The fraction of sp³-hybridized carbons (Fsp3) is 0.185. The van der Waals surface area contributed by atoms with E-state index >= 15 is 0 Å². The number of benzene rings is 3. The molecule has 6 nitrogen and oxygen atoms in total. The van der Waals surface area contributed by atoms with Crippen molar-refractivity contribution < 1.29 is 17.6 Å². The van der Waals surface area contributed by atoms with Crippen LogP contribution < -0.4 is 4.90 Å². The molecule has 4 aromatic rings. The van der Waals surface area contributed by atoms with E-state index in [-0.39, 0.29) is 22.4 Å². The van der Waals surface area contributed by atoms with E-state index in [0.29, 0.717) is 42.8 Å². The van der Waals surface area contributed by atoms with Gasteiger partial charge in [0, 0.05) is 49.0 Å². The fourth-order valence-corrected chi connectivity index (χ4v) is 5.93. The highest BCUT2D eigenvalue weighted by Crippen LogP contribution is 2.25. The number of aromatic nitrogens is 1. The van der Waals surface area contributed by atoms with E-state index in [0.717, 1.165) is 11.1 Å². The number of rotatable bonds is 5. The Labute approximate surface area is 203 Å². The molecule has 0 radical (unpaired) electrons. The number of carbonyl (C=O) groups is 1. The van der Waals surface area contributed by atoms with Crippen LogP contribution in [-0.2, 0) is 15.6 Å². The number of sulfone groups is 1. The minimum atomic E-state index is -3.62. The SMILES string of the molecule is O=C(c1ccc(CS(=O)(=O)c2cccc3cccnc23)cc1)N1CCN(c2cccc(F)c2)CC1. The standard InChI is InChI=1S/C27H24FN3O3S/c28-23-6-2-7-24(18-23)30-14-16-31(17-15-30)27(32)22-11-9-20(10-12-22)19-35(33,34)25-8-1-4-21-5-3-13-29-26(21)25/h1-13,18H,14-17,19H2. The van der Waals surface area contributed by atoms with Gasteiger partial charge in [-0.25, -0.2) is 12.8 Å². The molecule has 1 amide bonds. The summed E-state index contributed by atoms with van der Waals surface area (Å²) in [4.78, 5) is 21.3. The summed E-state index contributed by atoms with van der Waals surface area (Å²) in [5.41, 5.74) is 2.38. The molecule has 1 aliphatic rings. The van der Waals surface area contributed by atoms with E-state index in [1.807, 2.05) is 18.2 Å². The van der Waals surface area contributed by atoms with Crippen molar-refractivity contribution in [2.45, 2.75) is 10.6 Å². The highest BCUT2D eigenvalue weighted by molar-refractivity contribution is 7.90. The molecular formula is C27H24FN3O3S. The van der Waals surface area contributed by atoms with Gasteiger partial charge in [-0.15, -0.1) is 0 Å². The highest BCUT2D eigenvalue weighted by atomic mass is 32.2. The van der Waals surface area contributed by atoms with E-state index in [1.54, 1.807) is 59.6 Å². The summed E-state index contributed by atoms with van der Waals surface area (Å²) in [7, 11) is -3.62. The van der Waals surface area contributed by atoms with Crippen LogP contribution in [-0.4, -0.2) is 50.4 Å². The number of halogens is 1. The first-order chi connectivity index (χ1) is 16.9. The Morgan fingerprint density at radius 3 is 2.34 bits per heavy atom. The number of pyridine rings is 1. The van der Waals surface area contributed by atoms with Crippen molar-refractivity contribution in [2.24, 2.45) is 0 Å². The van der Waals surface area contributed by atoms with Crippen molar-refractivity contribution in [1.29, 1.82) is 0 Å². The van der Waals surface area contributed by atoms with Gasteiger partial charge in [0.25, 0.3) is 5.91 Å². The first kappa shape index (κ1) is 23.0. The number of hydrogen-bond acceptors (Lipinski definition) is 5. The molecule has 0 N–H and O–H groups in total. The Hall–Kier alpha value is -3.78. The third kappa shape index (κ3) is 4.88. The maximum atomic E-state index is 13.5. The second kappa shape index (κ2) is 9.46. The Morgan fingerprint density at radius 2 is 1.60 bits per heavy atom. The lowest BCUT2D eigenvalue weighted by molar-refractivity contribution is 0.0746. The minimum absolute atomic E-state index is 0.100. The van der Waals surface area contributed by atoms with Gasteiger partial charge < -0.3 is 9.80 Å². The predicted molar refractivity (Wildman–Crippen MR) is 134 cm³/mol. The summed E-state index contributed by atoms with van der Waals surface area (Å²) in [5.74, 6) is -0.555. The molecule has 0 saturated carbocycles. The van der Waals surface area contributed by atoms with Gasteiger partial charge >= 0.3 is 0 Å². The number of fused-ring (bicyclic) bond motifs is 1. The number of carbonyl (C=O) groups excluding carboxylic acids is 1. The fourth-order valence-electron chi connectivity index (χ4n) is 4.39. The average molecular weight is 490 g/mol. The van der Waals surface area contributed by atoms with Crippen LogP contribution in [0.3, 0.4) is 0 Å². The summed E-state index contributed by atoms with van der Waals surface area (Å²) < 4.78 is 39.7. The summed E-state index contributed by atoms with van der Waals surface area (Å²) >= 11 is 0. The van der Waals surface area contributed by atoms with E-state index < -0.39 is 9.84 Å². The van der Waals surface area contributed by atoms with Gasteiger partial charge in [-0.05, 0) is 48.0 Å². The first-order valence-electron chi connectivity index (χ1n) is 11.4. The molecule has 0 unspecified atom stereocenters. The van der Waals surface area contributed by atoms with E-state index in [1.165, 1.54) is 12.1 Å². The molecule has 35 heavy (non-hydrogen) atoms. The van der Waals surface area contributed by atoms with Crippen LogP contribution in [0.2, 0.25) is 0 Å². The molecule has 5 rings (SSSR count). The smallest absolute Gasteiger partial charge is 0.253 e. The number of amides is 1. The van der Waals surface area contributed by atoms with Crippen LogP contribution in [0, 0.1) is 5.82 Å². The van der Waals surface area contributed by atoms with Crippen molar-refractivity contribution in [3.05, 3.63) is 102 Å². The van der Waals surface area contributed by atoms with Crippen LogP contribution in [0.25, 0.3) is 10.9 Å². The zero-order chi connectivity index (χ0) is 24.4. The molecule has 8 heteroatoms. The van der Waals surface area contributed by atoms with Crippen LogP contribution in [0.15, 0.2) is 90.0 Å². The summed E-state index contributed by atoms with van der Waals surface area (Å²) in [6.45, 7) is 2.29. The van der Waals surface area contributed by atoms with Crippen molar-refractivity contribution in [3.8, 4) is 0 Å². The largest absolute Gasteiger partial charge is 0.368 e. The molecule has 0 spiro atoms. The quantitative estimate of drug-likeness (QED) is 0.418. The Balaban J connectivity index is 1.25. The molecule has 1 fully saturated rings. The molecular weight excluding hydrogens is 465 g/mol. The van der Waals surface area contributed by atoms with Crippen LogP contribution in [0.5, 0.6) is 0 Å². The third-order valence-electron chi connectivity index (χ3n) is 6.23. The zero-order valence-electron chi connectivity index (χ0n) is 19.0. The van der Waals surface area contributed by atoms with Gasteiger partial charge in [-0.2, -0.15) is 0 Å². The molecule has 1 saturated heterocycles. The van der Waals surface area contributed by atoms with Gasteiger partial charge in [0.2, 0.25) is 0 Å². The van der Waals surface area contributed by atoms with Crippen molar-refractivity contribution >= 4 is 32.3 Å². The zero-order valence-corrected chi connectivity index (χ0v) is 19.8. The number of hydrogen-bond donors (Lipinski definition) is 0. The summed E-state index contributed by atoms with van der Waals surface area (Å²) in [6.07, 6.45) is 1.58. The molecule has 0 atom stereocenters. The predicted octanol–water partition coefficient (Wildman–Crippen LogP) is 4.31. The number of piperazine rings is 1. The molecule has 0 bridgehead atoms. The Bertz CT molecular complexity index is 1480. The lowest BCUT2D eigenvalue weighted by atomic mass is 10.1. The molecule has 2 heterocycles. The van der Waals surface area contributed by atoms with Crippen LogP contribution in [0.4, 0.5) is 10.1 Å². The maximum absolute atomic E-state index is 13.5. The van der Waals surface area contributed by atoms with Gasteiger partial charge in [-0.1, -0.05) is 36.4 Å². The number of nitrogens with zero attached hydrogens (tertiary/aromatic N) is 3. The van der Waals surface area contributed by atoms with Gasteiger partial charge in [0.15, 0.2) is 9.84 Å². The Kier molecular flexibility index (Phi) is 6.21. The molecule has 3 aromatic carbocycles. The van der Waals surface area contributed by atoms with Crippen molar-refractivity contribution in [2.75, 3.05) is 31.1 Å². The monoisotopic (exact) mass is 489 g/mol. The van der Waals surface area contributed by atoms with Gasteiger partial charge in [0.1, 0.15) is 5.82 Å². The maximum Gasteiger partial charge on any atom is 0.253 e. The first-order valence-corrected chi connectivity index (χ1v) is 13.0. The van der Waals surface area contributed by atoms with E-state index in [2.05, 4.69) is 9.88 Å². The minimum Gasteiger partial charge on any atom is -0.368 e. The molecule has 1 aliphatic heterocycles. The van der Waals surface area contributed by atoms with Crippen LogP contribution >= 0.6 is 0 Å². The van der Waals surface area contributed by atoms with Crippen molar-refractivity contribution in [1.82, 2.24) is 9.88 Å². The summed E-state index contributed by atoms with van der Waals surface area (Å²) in [6, 6.07) is 21.9. The molecule has 0 aliphatic carbocycles. The van der Waals surface area contributed by atoms with E-state index in [9.17, 15) is 17.6 Å². The summed E-state index contributed by atoms with van der Waals surface area (Å²) in [5, 5.41) is 0.770. The Morgan fingerprint density at radius 1 is 0.886 bits per heavy atom. The van der Waals surface area contributed by atoms with Gasteiger partial charge in [-0.3, -0.25) is 9.78 Å². The lowest BCUT2D eigenvalue weighted by Crippen LogP contribution is -2.48. The number of anilines is 1. The highest BCUT2D eigenvalue weighted by Gasteiger charge is 2.23. The topological polar surface area (TPSA) is 70.6 Å². The number of para-hydroxylation sites is 1. The second-order valence-electron chi connectivity index (χ2n) is 8.55. The second-order valence-corrected chi connectivity index (χ2v) is 10.5. The molecule has 178 valence electrons. The van der Waals surface area contributed by atoms with Gasteiger partial charge in [0.05, 0.1) is 16.2 Å². The normalized spacial score (nSPS) is 14.3. The third-order valence-corrected chi connectivity index (χ3v) is 7.94. The van der Waals surface area contributed by atoms with Crippen LogP contribution in [0.1, 0.15) is 15.9 Å². The average Bonchev–Trinajstić information content (AvgIpc) is 2.88. The lowest BCUT2D eigenvalue weighted by Gasteiger charge is -2.36.